The second-order valence-electron chi connectivity index (χ2n) is 4.59. The van der Waals surface area contributed by atoms with Gasteiger partial charge in [0, 0.05) is 18.8 Å². The summed E-state index contributed by atoms with van der Waals surface area (Å²) in [4.78, 5) is 4.38. The van der Waals surface area contributed by atoms with E-state index in [1.165, 1.54) is 12.8 Å². The Hall–Kier alpha value is -1.33. The number of anilines is 1. The predicted molar refractivity (Wildman–Crippen MR) is 72.1 cm³/mol. The molecule has 0 amide bonds. The third-order valence-corrected chi connectivity index (χ3v) is 3.46. The van der Waals surface area contributed by atoms with E-state index in [4.69, 9.17) is 11.6 Å². The molecule has 96 valence electrons. The van der Waals surface area contributed by atoms with E-state index in [0.29, 0.717) is 17.0 Å². The molecule has 0 saturated carbocycles. The number of halogens is 1. The van der Waals surface area contributed by atoms with E-state index >= 15 is 0 Å². The maximum Gasteiger partial charge on any atom is 0.243 e. The minimum Gasteiger partial charge on any atom is -0.353 e. The SMILES string of the molecule is Clc1ccc2nc(NCCC3CCCN3)nn2c1. The Morgan fingerprint density at radius 1 is 1.50 bits per heavy atom. The molecule has 0 aliphatic carbocycles. The summed E-state index contributed by atoms with van der Waals surface area (Å²) in [6.45, 7) is 2.04. The van der Waals surface area contributed by atoms with Gasteiger partial charge in [-0.2, -0.15) is 4.98 Å². The lowest BCUT2D eigenvalue weighted by Gasteiger charge is -2.09. The minimum absolute atomic E-state index is 0.643. The number of nitrogens with zero attached hydrogens (tertiary/aromatic N) is 3. The Morgan fingerprint density at radius 2 is 2.44 bits per heavy atom. The first-order valence-corrected chi connectivity index (χ1v) is 6.68. The number of hydrogen-bond acceptors (Lipinski definition) is 4. The smallest absolute Gasteiger partial charge is 0.243 e. The summed E-state index contributed by atoms with van der Waals surface area (Å²) in [6, 6.07) is 4.32. The average molecular weight is 266 g/mol. The molecular weight excluding hydrogens is 250 g/mol. The Kier molecular flexibility index (Phi) is 3.34. The van der Waals surface area contributed by atoms with Crippen molar-refractivity contribution in [2.24, 2.45) is 0 Å². The van der Waals surface area contributed by atoms with Crippen LogP contribution in [0.2, 0.25) is 5.02 Å². The molecule has 0 bridgehead atoms. The molecule has 1 fully saturated rings. The van der Waals surface area contributed by atoms with Gasteiger partial charge in [-0.05, 0) is 37.9 Å². The van der Waals surface area contributed by atoms with Crippen molar-refractivity contribution in [3.63, 3.8) is 0 Å². The fourth-order valence-corrected chi connectivity index (χ4v) is 2.45. The van der Waals surface area contributed by atoms with Crippen LogP contribution in [0.3, 0.4) is 0 Å². The van der Waals surface area contributed by atoms with Crippen molar-refractivity contribution in [3.05, 3.63) is 23.4 Å². The molecule has 0 spiro atoms. The first kappa shape index (κ1) is 11.7. The van der Waals surface area contributed by atoms with Crippen LogP contribution in [-0.4, -0.2) is 33.7 Å². The molecule has 1 aliphatic heterocycles. The van der Waals surface area contributed by atoms with Crippen molar-refractivity contribution in [2.45, 2.75) is 25.3 Å². The molecule has 1 atom stereocenters. The molecule has 6 heteroatoms. The monoisotopic (exact) mass is 265 g/mol. The van der Waals surface area contributed by atoms with Gasteiger partial charge in [0.05, 0.1) is 5.02 Å². The highest BCUT2D eigenvalue weighted by atomic mass is 35.5. The molecule has 1 aliphatic rings. The van der Waals surface area contributed by atoms with Crippen molar-refractivity contribution in [3.8, 4) is 0 Å². The van der Waals surface area contributed by atoms with E-state index in [-0.39, 0.29) is 0 Å². The van der Waals surface area contributed by atoms with Crippen LogP contribution in [0.15, 0.2) is 18.3 Å². The molecule has 1 unspecified atom stereocenters. The van der Waals surface area contributed by atoms with Gasteiger partial charge in [0.25, 0.3) is 0 Å². The van der Waals surface area contributed by atoms with Crippen LogP contribution in [0, 0.1) is 0 Å². The van der Waals surface area contributed by atoms with Crippen LogP contribution in [0.1, 0.15) is 19.3 Å². The highest BCUT2D eigenvalue weighted by molar-refractivity contribution is 6.30. The maximum atomic E-state index is 5.90. The van der Waals surface area contributed by atoms with Crippen LogP contribution < -0.4 is 10.6 Å². The van der Waals surface area contributed by atoms with E-state index in [0.717, 1.165) is 25.2 Å². The summed E-state index contributed by atoms with van der Waals surface area (Å²) in [5, 5.41) is 11.7. The molecule has 3 heterocycles. The Bertz CT molecular complexity index is 532. The fourth-order valence-electron chi connectivity index (χ4n) is 2.29. The van der Waals surface area contributed by atoms with Crippen molar-refractivity contribution in [1.82, 2.24) is 19.9 Å². The highest BCUT2D eigenvalue weighted by Gasteiger charge is 2.13. The molecular formula is C12H16ClN5. The van der Waals surface area contributed by atoms with Crippen molar-refractivity contribution in [2.75, 3.05) is 18.4 Å². The molecule has 3 rings (SSSR count). The summed E-state index contributed by atoms with van der Waals surface area (Å²) in [6.07, 6.45) is 5.43. The third-order valence-electron chi connectivity index (χ3n) is 3.23. The number of fused-ring (bicyclic) bond motifs is 1. The van der Waals surface area contributed by atoms with Gasteiger partial charge in [-0.25, -0.2) is 4.52 Å². The standard InChI is InChI=1S/C12H16ClN5/c13-9-3-4-11-16-12(17-18(11)8-9)15-7-5-10-2-1-6-14-10/h3-4,8,10,14H,1-2,5-7H2,(H,15,17). The zero-order valence-corrected chi connectivity index (χ0v) is 10.8. The van der Waals surface area contributed by atoms with Crippen LogP contribution in [0.4, 0.5) is 5.95 Å². The highest BCUT2D eigenvalue weighted by Crippen LogP contribution is 2.12. The zero-order valence-electron chi connectivity index (χ0n) is 10.1. The zero-order chi connectivity index (χ0) is 12.4. The number of pyridine rings is 1. The summed E-state index contributed by atoms with van der Waals surface area (Å²) >= 11 is 5.90. The van der Waals surface area contributed by atoms with Gasteiger partial charge in [-0.15, -0.1) is 5.10 Å². The van der Waals surface area contributed by atoms with E-state index in [1.54, 1.807) is 10.7 Å². The van der Waals surface area contributed by atoms with Crippen LogP contribution in [-0.2, 0) is 0 Å². The quantitative estimate of drug-likeness (QED) is 0.887. The van der Waals surface area contributed by atoms with Crippen LogP contribution in [0.5, 0.6) is 0 Å². The third kappa shape index (κ3) is 2.57. The van der Waals surface area contributed by atoms with E-state index in [2.05, 4.69) is 20.7 Å². The predicted octanol–water partition coefficient (Wildman–Crippen LogP) is 1.94. The van der Waals surface area contributed by atoms with Gasteiger partial charge in [0.2, 0.25) is 5.95 Å². The lowest BCUT2D eigenvalue weighted by molar-refractivity contribution is 0.573. The molecule has 0 aromatic carbocycles. The topological polar surface area (TPSA) is 54.2 Å². The number of nitrogens with one attached hydrogen (secondary N) is 2. The first-order valence-electron chi connectivity index (χ1n) is 6.30. The lowest BCUT2D eigenvalue weighted by Crippen LogP contribution is -2.24. The van der Waals surface area contributed by atoms with E-state index < -0.39 is 0 Å². The van der Waals surface area contributed by atoms with Crippen molar-refractivity contribution >= 4 is 23.2 Å². The number of aromatic nitrogens is 3. The Morgan fingerprint density at radius 3 is 3.28 bits per heavy atom. The van der Waals surface area contributed by atoms with Gasteiger partial charge in [0.15, 0.2) is 5.65 Å². The Balaban J connectivity index is 1.60. The number of hydrogen-bond donors (Lipinski definition) is 2. The Labute approximate surface area is 111 Å². The molecule has 0 radical (unpaired) electrons. The second kappa shape index (κ2) is 5.12. The van der Waals surface area contributed by atoms with Crippen molar-refractivity contribution in [1.29, 1.82) is 0 Å². The fraction of sp³-hybridized carbons (Fsp3) is 0.500. The van der Waals surface area contributed by atoms with E-state index in [1.807, 2.05) is 12.1 Å². The van der Waals surface area contributed by atoms with Gasteiger partial charge in [0.1, 0.15) is 0 Å². The molecule has 18 heavy (non-hydrogen) atoms. The average Bonchev–Trinajstić information content (AvgIpc) is 2.97. The van der Waals surface area contributed by atoms with Gasteiger partial charge < -0.3 is 10.6 Å². The normalized spacial score (nSPS) is 19.5. The molecule has 2 aromatic rings. The second-order valence-corrected chi connectivity index (χ2v) is 5.03. The van der Waals surface area contributed by atoms with E-state index in [9.17, 15) is 0 Å². The molecule has 1 saturated heterocycles. The molecule has 5 nitrogen and oxygen atoms in total. The minimum atomic E-state index is 0.643. The van der Waals surface area contributed by atoms with Gasteiger partial charge in [-0.3, -0.25) is 0 Å². The number of rotatable bonds is 4. The molecule has 2 aromatic heterocycles. The molecule has 2 N–H and O–H groups in total. The van der Waals surface area contributed by atoms with Gasteiger partial charge >= 0.3 is 0 Å². The summed E-state index contributed by atoms with van der Waals surface area (Å²) in [5.74, 6) is 0.662. The maximum absolute atomic E-state index is 5.90. The summed E-state index contributed by atoms with van der Waals surface area (Å²) < 4.78 is 1.69. The van der Waals surface area contributed by atoms with Crippen LogP contribution in [0.25, 0.3) is 5.65 Å². The van der Waals surface area contributed by atoms with Crippen molar-refractivity contribution < 1.29 is 0 Å². The summed E-state index contributed by atoms with van der Waals surface area (Å²) in [7, 11) is 0. The van der Waals surface area contributed by atoms with Gasteiger partial charge in [-0.1, -0.05) is 11.6 Å². The summed E-state index contributed by atoms with van der Waals surface area (Å²) in [5.41, 5.74) is 0.806. The van der Waals surface area contributed by atoms with Crippen LogP contribution >= 0.6 is 11.6 Å². The largest absolute Gasteiger partial charge is 0.353 e. The first-order chi connectivity index (χ1) is 8.81. The lowest BCUT2D eigenvalue weighted by atomic mass is 10.2.